The highest BCUT2D eigenvalue weighted by molar-refractivity contribution is 7.99. The van der Waals surface area contributed by atoms with E-state index in [0.29, 0.717) is 18.3 Å². The van der Waals surface area contributed by atoms with E-state index in [-0.39, 0.29) is 12.2 Å². The number of pyridine rings is 1. The van der Waals surface area contributed by atoms with E-state index in [1.807, 2.05) is 0 Å². The molecule has 0 aliphatic carbocycles. The third-order valence-electron chi connectivity index (χ3n) is 4.81. The van der Waals surface area contributed by atoms with Crippen molar-refractivity contribution in [3.05, 3.63) is 23.1 Å². The van der Waals surface area contributed by atoms with Crippen LogP contribution in [0.4, 0.5) is 0 Å². The van der Waals surface area contributed by atoms with E-state index in [2.05, 4.69) is 37.7 Å². The molecule has 0 radical (unpaired) electrons. The van der Waals surface area contributed by atoms with Crippen molar-refractivity contribution in [2.24, 2.45) is 5.92 Å². The Bertz CT molecular complexity index is 998. The third kappa shape index (κ3) is 3.58. The zero-order chi connectivity index (χ0) is 19.2. The van der Waals surface area contributed by atoms with Gasteiger partial charge >= 0.3 is 0 Å². The summed E-state index contributed by atoms with van der Waals surface area (Å²) >= 11 is 3.25. The van der Waals surface area contributed by atoms with Gasteiger partial charge in [0.05, 0.1) is 29.0 Å². The molecule has 144 valence electrons. The van der Waals surface area contributed by atoms with Crippen molar-refractivity contribution in [2.75, 3.05) is 12.4 Å². The smallest absolute Gasteiger partial charge is 0.126 e. The maximum absolute atomic E-state index is 9.19. The van der Waals surface area contributed by atoms with Crippen LogP contribution in [0.15, 0.2) is 11.4 Å². The molecule has 4 rings (SSSR count). The first-order chi connectivity index (χ1) is 12.9. The molecule has 1 N–H and O–H groups in total. The number of thiophene rings is 1. The van der Waals surface area contributed by atoms with Gasteiger partial charge in [0, 0.05) is 28.8 Å². The molecule has 7 heteroatoms. The molecule has 4 heterocycles. The summed E-state index contributed by atoms with van der Waals surface area (Å²) in [4.78, 5) is 15.2. The van der Waals surface area contributed by atoms with Crippen LogP contribution in [0.5, 0.6) is 0 Å². The molecular weight excluding hydrogens is 378 g/mol. The molecule has 0 bridgehead atoms. The van der Waals surface area contributed by atoms with Gasteiger partial charge < -0.3 is 9.84 Å². The predicted octanol–water partition coefficient (Wildman–Crippen LogP) is 4.37. The Morgan fingerprint density at radius 2 is 2.11 bits per heavy atom. The first kappa shape index (κ1) is 19.1. The second-order valence-electron chi connectivity index (χ2n) is 8.05. The summed E-state index contributed by atoms with van der Waals surface area (Å²) in [6.45, 7) is 9.51. The highest BCUT2D eigenvalue weighted by Crippen LogP contribution is 2.42. The molecule has 0 unspecified atom stereocenters. The van der Waals surface area contributed by atoms with Gasteiger partial charge in [0.15, 0.2) is 0 Å². The topological polar surface area (TPSA) is 68.1 Å². The molecule has 5 nitrogen and oxygen atoms in total. The van der Waals surface area contributed by atoms with Crippen molar-refractivity contribution in [2.45, 2.75) is 57.8 Å². The van der Waals surface area contributed by atoms with Crippen molar-refractivity contribution >= 4 is 43.5 Å². The fourth-order valence-corrected chi connectivity index (χ4v) is 5.65. The maximum Gasteiger partial charge on any atom is 0.126 e. The zero-order valence-corrected chi connectivity index (χ0v) is 17.8. The van der Waals surface area contributed by atoms with Crippen LogP contribution in [0.2, 0.25) is 0 Å². The van der Waals surface area contributed by atoms with E-state index in [1.165, 1.54) is 16.5 Å². The average Bonchev–Trinajstić information content (AvgIpc) is 2.97. The number of hydrogen-bond acceptors (Lipinski definition) is 7. The fraction of sp³-hybridized carbons (Fsp3) is 0.550. The zero-order valence-electron chi connectivity index (χ0n) is 16.2. The van der Waals surface area contributed by atoms with Crippen LogP contribution in [0, 0.1) is 5.92 Å². The van der Waals surface area contributed by atoms with Gasteiger partial charge in [0.25, 0.3) is 0 Å². The molecule has 0 fully saturated rings. The quantitative estimate of drug-likeness (QED) is 0.504. The molecule has 1 aliphatic rings. The Kier molecular flexibility index (Phi) is 5.14. The SMILES string of the molecule is CC(C)Cc1nc2sc3c(SCCO)ncnc3c2c2c1COC(C)(C)C2. The Morgan fingerprint density at radius 3 is 2.85 bits per heavy atom. The van der Waals surface area contributed by atoms with Gasteiger partial charge in [-0.3, -0.25) is 0 Å². The summed E-state index contributed by atoms with van der Waals surface area (Å²) in [7, 11) is 0. The molecule has 0 saturated heterocycles. The predicted molar refractivity (Wildman–Crippen MR) is 112 cm³/mol. The minimum absolute atomic E-state index is 0.138. The second kappa shape index (κ2) is 7.28. The number of aromatic nitrogens is 3. The standard InChI is InChI=1S/C20H25N3O2S2/c1-11(2)7-14-13-9-25-20(3,4)8-12(13)15-16-17(27-18(15)23-14)19(22-10-21-16)26-6-5-24/h10-11,24H,5-9H2,1-4H3. The Balaban J connectivity index is 1.99. The molecule has 0 amide bonds. The Hall–Kier alpha value is -1.28. The summed E-state index contributed by atoms with van der Waals surface area (Å²) in [5.74, 6) is 1.17. The van der Waals surface area contributed by atoms with Crippen molar-refractivity contribution in [1.29, 1.82) is 0 Å². The number of hydrogen-bond donors (Lipinski definition) is 1. The van der Waals surface area contributed by atoms with Crippen LogP contribution < -0.4 is 0 Å². The molecule has 0 saturated carbocycles. The van der Waals surface area contributed by atoms with Crippen molar-refractivity contribution < 1.29 is 9.84 Å². The lowest BCUT2D eigenvalue weighted by Gasteiger charge is -2.33. The fourth-order valence-electron chi connectivity index (χ4n) is 3.65. The molecule has 0 atom stereocenters. The minimum Gasteiger partial charge on any atom is -0.396 e. The lowest BCUT2D eigenvalue weighted by atomic mass is 9.88. The first-order valence-corrected chi connectivity index (χ1v) is 11.2. The maximum atomic E-state index is 9.19. The number of rotatable bonds is 5. The van der Waals surface area contributed by atoms with Crippen LogP contribution in [-0.4, -0.2) is 38.0 Å². The van der Waals surface area contributed by atoms with E-state index >= 15 is 0 Å². The molecule has 0 spiro atoms. The monoisotopic (exact) mass is 403 g/mol. The summed E-state index contributed by atoms with van der Waals surface area (Å²) in [5, 5.41) is 11.3. The van der Waals surface area contributed by atoms with E-state index in [4.69, 9.17) is 9.72 Å². The number of thioether (sulfide) groups is 1. The van der Waals surface area contributed by atoms with Crippen molar-refractivity contribution in [3.8, 4) is 0 Å². The van der Waals surface area contributed by atoms with Crippen LogP contribution in [0.25, 0.3) is 20.4 Å². The van der Waals surface area contributed by atoms with Crippen molar-refractivity contribution in [1.82, 2.24) is 15.0 Å². The first-order valence-electron chi connectivity index (χ1n) is 9.35. The van der Waals surface area contributed by atoms with E-state index in [1.54, 1.807) is 29.4 Å². The Morgan fingerprint density at radius 1 is 1.30 bits per heavy atom. The summed E-state index contributed by atoms with van der Waals surface area (Å²) in [5.41, 5.74) is 4.55. The van der Waals surface area contributed by atoms with Gasteiger partial charge in [0.2, 0.25) is 0 Å². The number of aliphatic hydroxyl groups is 1. The van der Waals surface area contributed by atoms with Gasteiger partial charge in [-0.1, -0.05) is 13.8 Å². The van der Waals surface area contributed by atoms with Gasteiger partial charge in [-0.15, -0.1) is 23.1 Å². The Labute approximate surface area is 167 Å². The van der Waals surface area contributed by atoms with E-state index in [0.717, 1.165) is 38.6 Å². The molecular formula is C20H25N3O2S2. The van der Waals surface area contributed by atoms with E-state index in [9.17, 15) is 5.11 Å². The van der Waals surface area contributed by atoms with Gasteiger partial charge in [-0.2, -0.15) is 0 Å². The largest absolute Gasteiger partial charge is 0.396 e. The second-order valence-corrected chi connectivity index (χ2v) is 10.1. The molecule has 1 aliphatic heterocycles. The normalized spacial score (nSPS) is 16.4. The van der Waals surface area contributed by atoms with E-state index < -0.39 is 0 Å². The summed E-state index contributed by atoms with van der Waals surface area (Å²) < 4.78 is 7.20. The highest BCUT2D eigenvalue weighted by Gasteiger charge is 2.31. The third-order valence-corrected chi connectivity index (χ3v) is 6.99. The number of ether oxygens (including phenoxy) is 1. The van der Waals surface area contributed by atoms with Crippen LogP contribution in [-0.2, 0) is 24.2 Å². The van der Waals surface area contributed by atoms with Crippen molar-refractivity contribution in [3.63, 3.8) is 0 Å². The summed E-state index contributed by atoms with van der Waals surface area (Å²) in [6.07, 6.45) is 3.45. The van der Waals surface area contributed by atoms with Crippen LogP contribution >= 0.6 is 23.1 Å². The van der Waals surface area contributed by atoms with Crippen LogP contribution in [0.3, 0.4) is 0 Å². The highest BCUT2D eigenvalue weighted by atomic mass is 32.2. The average molecular weight is 404 g/mol. The number of fused-ring (bicyclic) bond motifs is 5. The molecule has 27 heavy (non-hydrogen) atoms. The van der Waals surface area contributed by atoms with Gasteiger partial charge in [-0.05, 0) is 31.7 Å². The van der Waals surface area contributed by atoms with Gasteiger partial charge in [-0.25, -0.2) is 15.0 Å². The lowest BCUT2D eigenvalue weighted by molar-refractivity contribution is -0.0402. The van der Waals surface area contributed by atoms with Crippen LogP contribution in [0.1, 0.15) is 44.5 Å². The van der Waals surface area contributed by atoms with Gasteiger partial charge in [0.1, 0.15) is 16.2 Å². The molecule has 3 aromatic rings. The number of aliphatic hydroxyl groups excluding tert-OH is 1. The number of nitrogens with zero attached hydrogens (tertiary/aromatic N) is 3. The summed E-state index contributed by atoms with van der Waals surface area (Å²) in [6, 6.07) is 0. The lowest BCUT2D eigenvalue weighted by Crippen LogP contribution is -2.33. The minimum atomic E-state index is -0.188. The molecule has 0 aromatic carbocycles. The molecule has 3 aromatic heterocycles.